The van der Waals surface area contributed by atoms with Crippen LogP contribution in [-0.2, 0) is 23.7 Å². The fourth-order valence-corrected chi connectivity index (χ4v) is 7.36. The summed E-state index contributed by atoms with van der Waals surface area (Å²) >= 11 is 5.69. The molecule has 60 heavy (non-hydrogen) atoms. The maximum absolute atomic E-state index is 11.4. The Balaban J connectivity index is 0.000000153. The molecular formula is C37H50ClN11O11. The number of nitro groups is 3. The van der Waals surface area contributed by atoms with E-state index in [9.17, 15) is 30.3 Å². The fraction of sp³-hybridized carbons (Fsp3) is 0.595. The predicted molar refractivity (Wildman–Crippen MR) is 222 cm³/mol. The van der Waals surface area contributed by atoms with Crippen molar-refractivity contribution in [1.82, 2.24) is 15.0 Å². The lowest BCUT2D eigenvalue weighted by Crippen LogP contribution is -2.41. The van der Waals surface area contributed by atoms with Crippen LogP contribution >= 0.6 is 11.6 Å². The molecule has 5 aliphatic heterocycles. The Hall–Kier alpha value is -5.26. The molecule has 5 aliphatic rings. The van der Waals surface area contributed by atoms with Crippen LogP contribution < -0.4 is 24.5 Å². The van der Waals surface area contributed by atoms with Crippen LogP contribution in [0.15, 0.2) is 36.8 Å². The Morgan fingerprint density at radius 2 is 0.833 bits per heavy atom. The van der Waals surface area contributed by atoms with E-state index in [4.69, 9.17) is 35.3 Å². The molecule has 0 unspecified atom stereocenters. The van der Waals surface area contributed by atoms with Crippen LogP contribution in [0.5, 0.6) is 0 Å². The van der Waals surface area contributed by atoms with Gasteiger partial charge in [0, 0.05) is 89.8 Å². The third-order valence-corrected chi connectivity index (χ3v) is 10.4. The molecule has 5 saturated heterocycles. The normalized spacial score (nSPS) is 20.9. The molecule has 3 aromatic heterocycles. The molecule has 0 aliphatic carbocycles. The SMILES string of the molecule is C[C@@H]1CN(c2cnc(N3CCOCC3)c([N+](=O)[O-])c2)CCO1.C[C@H]1CN(c2cnc(N3CCOCC3)c([N+](=O)[O-])c2)CCO1.O=[N+]([O-])c1cc(Cl)cnc1N1CCOCC1. The van der Waals surface area contributed by atoms with Gasteiger partial charge in [0.2, 0.25) is 17.5 Å². The summed E-state index contributed by atoms with van der Waals surface area (Å²) in [5.74, 6) is 1.22. The van der Waals surface area contributed by atoms with Gasteiger partial charge >= 0.3 is 17.1 Å². The van der Waals surface area contributed by atoms with E-state index in [1.807, 2.05) is 28.5 Å². The maximum Gasteiger partial charge on any atom is 0.313 e. The molecule has 22 nitrogen and oxygen atoms in total. The van der Waals surface area contributed by atoms with Crippen molar-refractivity contribution in [2.24, 2.45) is 0 Å². The largest absolute Gasteiger partial charge is 0.378 e. The van der Waals surface area contributed by atoms with Gasteiger partial charge in [-0.1, -0.05) is 11.6 Å². The Morgan fingerprint density at radius 1 is 0.517 bits per heavy atom. The smallest absolute Gasteiger partial charge is 0.313 e. The molecule has 3 aromatic rings. The molecule has 0 spiro atoms. The average Bonchev–Trinajstić information content (AvgIpc) is 3.27. The van der Waals surface area contributed by atoms with Crippen molar-refractivity contribution in [2.75, 3.05) is 143 Å². The van der Waals surface area contributed by atoms with Gasteiger partial charge in [0.1, 0.15) is 0 Å². The van der Waals surface area contributed by atoms with Gasteiger partial charge in [0.25, 0.3) is 0 Å². The molecule has 0 aromatic carbocycles. The van der Waals surface area contributed by atoms with E-state index >= 15 is 0 Å². The molecular weight excluding hydrogens is 810 g/mol. The number of aromatic nitrogens is 3. The average molecular weight is 860 g/mol. The van der Waals surface area contributed by atoms with E-state index < -0.39 is 4.92 Å². The minimum absolute atomic E-state index is 0.0542. The number of hydrogen-bond donors (Lipinski definition) is 0. The Kier molecular flexibility index (Phi) is 15.7. The number of pyridine rings is 3. The summed E-state index contributed by atoms with van der Waals surface area (Å²) in [6.45, 7) is 15.2. The van der Waals surface area contributed by atoms with E-state index in [1.54, 1.807) is 24.5 Å². The molecule has 0 N–H and O–H groups in total. The Bertz CT molecular complexity index is 1840. The first-order valence-corrected chi connectivity index (χ1v) is 20.2. The lowest BCUT2D eigenvalue weighted by atomic mass is 10.2. The topological polar surface area (TPSA) is 230 Å². The van der Waals surface area contributed by atoms with E-state index in [2.05, 4.69) is 24.8 Å². The van der Waals surface area contributed by atoms with Crippen LogP contribution in [-0.4, -0.2) is 160 Å². The third-order valence-electron chi connectivity index (χ3n) is 10.2. The monoisotopic (exact) mass is 859 g/mol. The van der Waals surface area contributed by atoms with Crippen LogP contribution in [0.3, 0.4) is 0 Å². The van der Waals surface area contributed by atoms with Crippen LogP contribution in [0.25, 0.3) is 0 Å². The zero-order valence-electron chi connectivity index (χ0n) is 33.6. The first kappa shape index (κ1) is 44.3. The molecule has 8 heterocycles. The number of morpholine rings is 5. The van der Waals surface area contributed by atoms with Gasteiger partial charge in [-0.2, -0.15) is 0 Å². The van der Waals surface area contributed by atoms with Crippen molar-refractivity contribution in [3.8, 4) is 0 Å². The van der Waals surface area contributed by atoms with Gasteiger partial charge in [-0.15, -0.1) is 0 Å². The summed E-state index contributed by atoms with van der Waals surface area (Å²) < 4.78 is 26.8. The van der Waals surface area contributed by atoms with Crippen LogP contribution in [0, 0.1) is 30.3 Å². The summed E-state index contributed by atoms with van der Waals surface area (Å²) in [6.07, 6.45) is 5.09. The number of hydrogen-bond acceptors (Lipinski definition) is 19. The minimum Gasteiger partial charge on any atom is -0.378 e. The van der Waals surface area contributed by atoms with E-state index in [-0.39, 0.29) is 44.1 Å². The predicted octanol–water partition coefficient (Wildman–Crippen LogP) is 3.58. The number of halogens is 1. The number of anilines is 5. The molecule has 23 heteroatoms. The number of ether oxygens (including phenoxy) is 5. The molecule has 0 bridgehead atoms. The van der Waals surface area contributed by atoms with Gasteiger partial charge < -0.3 is 48.2 Å². The second kappa shape index (κ2) is 21.3. The van der Waals surface area contributed by atoms with Crippen LogP contribution in [0.2, 0.25) is 5.02 Å². The van der Waals surface area contributed by atoms with Gasteiger partial charge in [-0.3, -0.25) is 30.3 Å². The molecule has 0 radical (unpaired) electrons. The summed E-state index contributed by atoms with van der Waals surface area (Å²) in [7, 11) is 0. The molecule has 326 valence electrons. The first-order valence-electron chi connectivity index (χ1n) is 19.8. The lowest BCUT2D eigenvalue weighted by Gasteiger charge is -2.33. The highest BCUT2D eigenvalue weighted by atomic mass is 35.5. The van der Waals surface area contributed by atoms with Gasteiger partial charge in [0.15, 0.2) is 0 Å². The summed E-state index contributed by atoms with van der Waals surface area (Å²) in [5, 5.41) is 34.0. The van der Waals surface area contributed by atoms with Gasteiger partial charge in [-0.25, -0.2) is 15.0 Å². The lowest BCUT2D eigenvalue weighted by molar-refractivity contribution is -0.384. The molecule has 2 atom stereocenters. The quantitative estimate of drug-likeness (QED) is 0.233. The van der Waals surface area contributed by atoms with Gasteiger partial charge in [-0.05, 0) is 13.8 Å². The Labute approximate surface area is 351 Å². The van der Waals surface area contributed by atoms with Crippen molar-refractivity contribution in [1.29, 1.82) is 0 Å². The minimum atomic E-state index is -0.469. The standard InChI is InChI=1S/2C14H20N4O4.C9H10ClN3O3/c2*1-11-10-17(4-7-22-11)12-8-13(18(19)20)14(15-9-12)16-2-5-21-6-3-16;10-7-5-8(13(14)15)9(11-6-7)12-1-3-16-4-2-12/h2*8-9,11H,2-7,10H2,1H3;5-6H,1-4H2/t2*11-;/m10./s1. The van der Waals surface area contributed by atoms with Crippen molar-refractivity contribution >= 4 is 57.5 Å². The van der Waals surface area contributed by atoms with Crippen molar-refractivity contribution in [3.05, 3.63) is 72.2 Å². The third kappa shape index (κ3) is 11.7. The van der Waals surface area contributed by atoms with Gasteiger partial charge in [0.05, 0.1) is 109 Å². The van der Waals surface area contributed by atoms with Crippen molar-refractivity contribution in [2.45, 2.75) is 26.1 Å². The number of rotatable bonds is 8. The Morgan fingerprint density at radius 3 is 1.17 bits per heavy atom. The van der Waals surface area contributed by atoms with Crippen LogP contribution in [0.4, 0.5) is 45.9 Å². The highest BCUT2D eigenvalue weighted by Gasteiger charge is 2.28. The van der Waals surface area contributed by atoms with Crippen molar-refractivity contribution < 1.29 is 38.5 Å². The summed E-state index contributed by atoms with van der Waals surface area (Å²) in [6, 6.07) is 4.56. The molecule has 0 amide bonds. The maximum atomic E-state index is 11.4. The summed E-state index contributed by atoms with van der Waals surface area (Å²) in [4.78, 5) is 55.1. The number of nitrogens with zero attached hydrogens (tertiary/aromatic N) is 11. The van der Waals surface area contributed by atoms with Crippen molar-refractivity contribution in [3.63, 3.8) is 0 Å². The zero-order valence-corrected chi connectivity index (χ0v) is 34.4. The van der Waals surface area contributed by atoms with E-state index in [0.717, 1.165) is 37.6 Å². The second-order valence-corrected chi connectivity index (χ2v) is 14.8. The molecule has 8 rings (SSSR count). The second-order valence-electron chi connectivity index (χ2n) is 14.4. The zero-order chi connectivity index (χ0) is 42.6. The summed E-state index contributed by atoms with van der Waals surface area (Å²) in [5.41, 5.74) is 1.60. The van der Waals surface area contributed by atoms with Crippen LogP contribution in [0.1, 0.15) is 13.8 Å². The molecule has 5 fully saturated rings. The van der Waals surface area contributed by atoms with E-state index in [1.165, 1.54) is 12.3 Å². The van der Waals surface area contributed by atoms with E-state index in [0.29, 0.717) is 110 Å². The molecule has 0 saturated carbocycles. The fourth-order valence-electron chi connectivity index (χ4n) is 7.20. The first-order chi connectivity index (χ1) is 29.0. The highest BCUT2D eigenvalue weighted by Crippen LogP contribution is 2.33. The highest BCUT2D eigenvalue weighted by molar-refractivity contribution is 6.30.